The first kappa shape index (κ1) is 16.1. The Kier molecular flexibility index (Phi) is 4.97. The summed E-state index contributed by atoms with van der Waals surface area (Å²) in [5.74, 6) is 0.905. The first-order valence-electron chi connectivity index (χ1n) is 8.11. The molecule has 0 amide bonds. The van der Waals surface area contributed by atoms with Crippen molar-refractivity contribution in [2.24, 2.45) is 0 Å². The van der Waals surface area contributed by atoms with E-state index in [0.717, 1.165) is 44.8 Å². The van der Waals surface area contributed by atoms with Gasteiger partial charge in [0.25, 0.3) is 0 Å². The fourth-order valence-electron chi connectivity index (χ4n) is 3.27. The molecule has 2 saturated heterocycles. The van der Waals surface area contributed by atoms with Gasteiger partial charge >= 0.3 is 0 Å². The van der Waals surface area contributed by atoms with Crippen LogP contribution in [-0.2, 0) is 4.74 Å². The van der Waals surface area contributed by atoms with E-state index in [1.54, 1.807) is 7.11 Å². The first-order valence-corrected chi connectivity index (χ1v) is 8.88. The number of ether oxygens (including phenoxy) is 2. The lowest BCUT2D eigenvalue weighted by Crippen LogP contribution is -2.52. The summed E-state index contributed by atoms with van der Waals surface area (Å²) in [4.78, 5) is 3.79. The van der Waals surface area contributed by atoms with Gasteiger partial charge in [-0.2, -0.15) is 0 Å². The molecule has 122 valence electrons. The van der Waals surface area contributed by atoms with Crippen LogP contribution < -0.4 is 4.74 Å². The number of piperidine rings is 1. The summed E-state index contributed by atoms with van der Waals surface area (Å²) < 4.78 is 13.9. The Morgan fingerprint density at radius 2 is 1.82 bits per heavy atom. The maximum atomic E-state index is 6.19. The van der Waals surface area contributed by atoms with Crippen LogP contribution in [-0.4, -0.2) is 54.3 Å². The summed E-state index contributed by atoms with van der Waals surface area (Å²) in [6.07, 6.45) is 2.18. The third kappa shape index (κ3) is 3.27. The number of hydrogen-bond acceptors (Lipinski definition) is 5. The zero-order chi connectivity index (χ0) is 15.6. The molecule has 0 aliphatic carbocycles. The van der Waals surface area contributed by atoms with Crippen molar-refractivity contribution in [3.63, 3.8) is 0 Å². The highest BCUT2D eigenvalue weighted by Crippen LogP contribution is 2.41. The molecule has 0 unspecified atom stereocenters. The van der Waals surface area contributed by atoms with Gasteiger partial charge in [-0.25, -0.2) is 4.31 Å². The van der Waals surface area contributed by atoms with Gasteiger partial charge in [-0.1, -0.05) is 0 Å². The van der Waals surface area contributed by atoms with E-state index >= 15 is 0 Å². The minimum absolute atomic E-state index is 0.0734. The summed E-state index contributed by atoms with van der Waals surface area (Å²) in [6.45, 7) is 8.63. The van der Waals surface area contributed by atoms with Crippen LogP contribution in [0.3, 0.4) is 0 Å². The van der Waals surface area contributed by atoms with Crippen molar-refractivity contribution in [2.45, 2.75) is 43.4 Å². The average molecular weight is 322 g/mol. The quantitative estimate of drug-likeness (QED) is 0.793. The average Bonchev–Trinajstić information content (AvgIpc) is 2.91. The lowest BCUT2D eigenvalue weighted by molar-refractivity contribution is -0.0914. The number of nitrogens with zero attached hydrogens (tertiary/aromatic N) is 2. The van der Waals surface area contributed by atoms with E-state index in [0.29, 0.717) is 6.04 Å². The van der Waals surface area contributed by atoms with E-state index in [9.17, 15) is 0 Å². The fraction of sp³-hybridized carbons (Fsp3) is 0.647. The van der Waals surface area contributed by atoms with E-state index in [1.165, 1.54) is 4.90 Å². The molecule has 3 rings (SSSR count). The number of hydrogen-bond donors (Lipinski definition) is 0. The molecule has 4 nitrogen and oxygen atoms in total. The molecular formula is C17H26N2O2S. The van der Waals surface area contributed by atoms with Crippen molar-refractivity contribution in [2.75, 3.05) is 33.4 Å². The lowest BCUT2D eigenvalue weighted by atomic mass is 10.00. The third-order valence-electron chi connectivity index (χ3n) is 4.70. The largest absolute Gasteiger partial charge is 0.497 e. The standard InChI is InChI=1S/C17H26N2O2S/c1-14(2)18-10-8-17(9-11-18)19(12-13-21-17)22-16-6-4-15(20-3)5-7-16/h4-7,14H,8-13H2,1-3H3. The lowest BCUT2D eigenvalue weighted by Gasteiger charge is -2.44. The second-order valence-corrected chi connectivity index (χ2v) is 7.39. The SMILES string of the molecule is COc1ccc(SN2CCOC23CCN(C(C)C)CC3)cc1. The molecule has 2 aliphatic heterocycles. The molecule has 0 aromatic heterocycles. The van der Waals surface area contributed by atoms with Gasteiger partial charge in [-0.3, -0.25) is 0 Å². The number of rotatable bonds is 4. The highest BCUT2D eigenvalue weighted by Gasteiger charge is 2.45. The Morgan fingerprint density at radius 3 is 2.41 bits per heavy atom. The van der Waals surface area contributed by atoms with E-state index in [4.69, 9.17) is 9.47 Å². The van der Waals surface area contributed by atoms with Crippen LogP contribution in [0.25, 0.3) is 0 Å². The second kappa shape index (κ2) is 6.79. The predicted molar refractivity (Wildman–Crippen MR) is 90.2 cm³/mol. The van der Waals surface area contributed by atoms with Crippen molar-refractivity contribution >= 4 is 11.9 Å². The van der Waals surface area contributed by atoms with E-state index in [-0.39, 0.29) is 5.72 Å². The fourth-order valence-corrected chi connectivity index (χ4v) is 4.35. The monoisotopic (exact) mass is 322 g/mol. The Hall–Kier alpha value is -0.750. The highest BCUT2D eigenvalue weighted by molar-refractivity contribution is 7.97. The third-order valence-corrected chi connectivity index (χ3v) is 5.92. The zero-order valence-corrected chi connectivity index (χ0v) is 14.6. The molecule has 22 heavy (non-hydrogen) atoms. The Morgan fingerprint density at radius 1 is 1.14 bits per heavy atom. The molecule has 0 atom stereocenters. The molecule has 2 aliphatic rings. The van der Waals surface area contributed by atoms with E-state index in [1.807, 2.05) is 24.1 Å². The van der Waals surface area contributed by atoms with Gasteiger partial charge in [0.2, 0.25) is 0 Å². The second-order valence-electron chi connectivity index (χ2n) is 6.29. The predicted octanol–water partition coefficient (Wildman–Crippen LogP) is 3.24. The van der Waals surface area contributed by atoms with Crippen LogP contribution in [0.15, 0.2) is 29.2 Å². The van der Waals surface area contributed by atoms with Gasteiger partial charge in [-0.05, 0) is 50.1 Å². The topological polar surface area (TPSA) is 24.9 Å². The Labute approximate surface area is 137 Å². The summed E-state index contributed by atoms with van der Waals surface area (Å²) in [7, 11) is 1.70. The van der Waals surface area contributed by atoms with Crippen molar-refractivity contribution in [1.29, 1.82) is 0 Å². The molecule has 0 bridgehead atoms. The molecule has 0 saturated carbocycles. The molecule has 0 radical (unpaired) electrons. The van der Waals surface area contributed by atoms with Gasteiger partial charge in [0, 0.05) is 43.4 Å². The molecule has 0 N–H and O–H groups in total. The Balaban J connectivity index is 1.65. The number of methoxy groups -OCH3 is 1. The van der Waals surface area contributed by atoms with Gasteiger partial charge in [0.15, 0.2) is 0 Å². The molecule has 1 aromatic rings. The summed E-state index contributed by atoms with van der Waals surface area (Å²) in [6, 6.07) is 8.92. The van der Waals surface area contributed by atoms with Gasteiger partial charge in [0.1, 0.15) is 11.5 Å². The maximum absolute atomic E-state index is 6.19. The van der Waals surface area contributed by atoms with Gasteiger partial charge in [-0.15, -0.1) is 0 Å². The minimum Gasteiger partial charge on any atom is -0.497 e. The van der Waals surface area contributed by atoms with Crippen LogP contribution >= 0.6 is 11.9 Å². The van der Waals surface area contributed by atoms with Crippen molar-refractivity contribution in [1.82, 2.24) is 9.21 Å². The highest BCUT2D eigenvalue weighted by atomic mass is 32.2. The van der Waals surface area contributed by atoms with Crippen LogP contribution in [0.4, 0.5) is 0 Å². The van der Waals surface area contributed by atoms with E-state index < -0.39 is 0 Å². The number of likely N-dealkylation sites (tertiary alicyclic amines) is 1. The molecular weight excluding hydrogens is 296 g/mol. The van der Waals surface area contributed by atoms with Gasteiger partial charge < -0.3 is 14.4 Å². The van der Waals surface area contributed by atoms with Gasteiger partial charge in [0.05, 0.1) is 13.7 Å². The minimum atomic E-state index is -0.0734. The summed E-state index contributed by atoms with van der Waals surface area (Å²) in [5, 5.41) is 0. The first-order chi connectivity index (χ1) is 10.6. The van der Waals surface area contributed by atoms with Crippen LogP contribution in [0, 0.1) is 0 Å². The Bertz CT molecular complexity index is 484. The molecule has 2 heterocycles. The smallest absolute Gasteiger partial charge is 0.133 e. The van der Waals surface area contributed by atoms with Crippen LogP contribution in [0.1, 0.15) is 26.7 Å². The van der Waals surface area contributed by atoms with E-state index in [2.05, 4.69) is 35.2 Å². The molecule has 5 heteroatoms. The number of benzene rings is 1. The van der Waals surface area contributed by atoms with Crippen LogP contribution in [0.2, 0.25) is 0 Å². The van der Waals surface area contributed by atoms with Crippen molar-refractivity contribution in [3.05, 3.63) is 24.3 Å². The molecule has 1 spiro atoms. The maximum Gasteiger partial charge on any atom is 0.133 e. The van der Waals surface area contributed by atoms with Crippen molar-refractivity contribution in [3.8, 4) is 5.75 Å². The van der Waals surface area contributed by atoms with Crippen molar-refractivity contribution < 1.29 is 9.47 Å². The van der Waals surface area contributed by atoms with Crippen LogP contribution in [0.5, 0.6) is 5.75 Å². The molecule has 2 fully saturated rings. The molecule has 1 aromatic carbocycles. The summed E-state index contributed by atoms with van der Waals surface area (Å²) in [5.41, 5.74) is -0.0734. The normalized spacial score (nSPS) is 22.5. The summed E-state index contributed by atoms with van der Waals surface area (Å²) >= 11 is 1.82. The zero-order valence-electron chi connectivity index (χ0n) is 13.7.